The second kappa shape index (κ2) is 7.80. The predicted octanol–water partition coefficient (Wildman–Crippen LogP) is 3.08. The first-order chi connectivity index (χ1) is 10.2. The van der Waals surface area contributed by atoms with E-state index in [4.69, 9.17) is 10.00 Å². The molecule has 21 heavy (non-hydrogen) atoms. The van der Waals surface area contributed by atoms with Gasteiger partial charge in [0.2, 0.25) is 5.91 Å². The third-order valence-corrected chi connectivity index (χ3v) is 3.92. The van der Waals surface area contributed by atoms with Gasteiger partial charge in [-0.2, -0.15) is 5.26 Å². The summed E-state index contributed by atoms with van der Waals surface area (Å²) in [6, 6.07) is 9.25. The van der Waals surface area contributed by atoms with Gasteiger partial charge in [-0.3, -0.25) is 4.79 Å². The highest BCUT2D eigenvalue weighted by Crippen LogP contribution is 2.20. The number of nitrogens with zero attached hydrogens (tertiary/aromatic N) is 1. The fraction of sp³-hybridized carbons (Fsp3) is 0.529. The monoisotopic (exact) mass is 286 g/mol. The van der Waals surface area contributed by atoms with E-state index in [1.54, 1.807) is 12.1 Å². The van der Waals surface area contributed by atoms with Gasteiger partial charge in [-0.05, 0) is 37.5 Å². The Bertz CT molecular complexity index is 499. The molecule has 0 saturated heterocycles. The van der Waals surface area contributed by atoms with E-state index >= 15 is 0 Å². The predicted molar refractivity (Wildman–Crippen MR) is 80.5 cm³/mol. The van der Waals surface area contributed by atoms with Crippen LogP contribution in [0.25, 0.3) is 0 Å². The number of carbonyl (C=O) groups is 1. The van der Waals surface area contributed by atoms with Crippen LogP contribution in [0.1, 0.15) is 56.2 Å². The largest absolute Gasteiger partial charge is 0.368 e. The number of carbonyl (C=O) groups excluding carboxylic acids is 1. The van der Waals surface area contributed by atoms with Gasteiger partial charge in [0.25, 0.3) is 0 Å². The van der Waals surface area contributed by atoms with Crippen molar-refractivity contribution in [3.05, 3.63) is 35.4 Å². The molecule has 0 heterocycles. The van der Waals surface area contributed by atoms with E-state index < -0.39 is 0 Å². The molecular weight excluding hydrogens is 264 g/mol. The van der Waals surface area contributed by atoms with E-state index in [0.717, 1.165) is 18.4 Å². The molecule has 0 radical (unpaired) electrons. The third-order valence-electron chi connectivity index (χ3n) is 3.92. The molecular formula is C17H22N2O2. The van der Waals surface area contributed by atoms with Crippen LogP contribution in [0.15, 0.2) is 24.3 Å². The van der Waals surface area contributed by atoms with Crippen LogP contribution in [-0.2, 0) is 9.53 Å². The van der Waals surface area contributed by atoms with Gasteiger partial charge in [0.1, 0.15) is 6.61 Å². The minimum absolute atomic E-state index is 0.0831. The topological polar surface area (TPSA) is 62.1 Å². The average Bonchev–Trinajstić information content (AvgIpc) is 2.54. The second-order valence-electron chi connectivity index (χ2n) is 5.59. The molecule has 1 aromatic rings. The molecule has 0 bridgehead atoms. The molecule has 4 nitrogen and oxygen atoms in total. The number of hydrogen-bond donors (Lipinski definition) is 1. The van der Waals surface area contributed by atoms with E-state index in [0.29, 0.717) is 5.56 Å². The van der Waals surface area contributed by atoms with E-state index in [9.17, 15) is 4.79 Å². The molecule has 112 valence electrons. The molecule has 4 heteroatoms. The first-order valence-corrected chi connectivity index (χ1v) is 7.60. The van der Waals surface area contributed by atoms with Crippen molar-refractivity contribution in [3.63, 3.8) is 0 Å². The van der Waals surface area contributed by atoms with Crippen molar-refractivity contribution in [1.82, 2.24) is 5.32 Å². The zero-order valence-electron chi connectivity index (χ0n) is 12.5. The van der Waals surface area contributed by atoms with E-state index in [2.05, 4.69) is 11.4 Å². The Balaban J connectivity index is 1.76. The summed E-state index contributed by atoms with van der Waals surface area (Å²) >= 11 is 0. The van der Waals surface area contributed by atoms with Gasteiger partial charge in [-0.15, -0.1) is 0 Å². The van der Waals surface area contributed by atoms with Crippen LogP contribution in [0.3, 0.4) is 0 Å². The zero-order chi connectivity index (χ0) is 15.1. The Labute approximate surface area is 126 Å². The number of ether oxygens (including phenoxy) is 1. The van der Waals surface area contributed by atoms with Crippen molar-refractivity contribution in [1.29, 1.82) is 5.26 Å². The van der Waals surface area contributed by atoms with E-state index in [1.165, 1.54) is 19.3 Å². The van der Waals surface area contributed by atoms with E-state index in [1.807, 2.05) is 19.1 Å². The molecule has 1 aliphatic rings. The number of rotatable bonds is 5. The Hall–Kier alpha value is -1.86. The summed E-state index contributed by atoms with van der Waals surface area (Å²) in [5.74, 6) is -0.0857. The second-order valence-corrected chi connectivity index (χ2v) is 5.59. The summed E-state index contributed by atoms with van der Waals surface area (Å²) in [6.45, 7) is 2.06. The van der Waals surface area contributed by atoms with Crippen molar-refractivity contribution in [2.75, 3.05) is 6.61 Å². The lowest BCUT2D eigenvalue weighted by Crippen LogP contribution is -2.32. The average molecular weight is 286 g/mol. The Morgan fingerprint density at radius 1 is 1.33 bits per heavy atom. The Morgan fingerprint density at radius 2 is 2.00 bits per heavy atom. The van der Waals surface area contributed by atoms with E-state index in [-0.39, 0.29) is 24.7 Å². The minimum Gasteiger partial charge on any atom is -0.368 e. The number of nitrogens with one attached hydrogen (secondary N) is 1. The number of amides is 1. The van der Waals surface area contributed by atoms with Gasteiger partial charge in [-0.25, -0.2) is 0 Å². The molecule has 0 aliphatic heterocycles. The van der Waals surface area contributed by atoms with Crippen LogP contribution in [0.5, 0.6) is 0 Å². The minimum atomic E-state index is -0.0857. The molecule has 1 aliphatic carbocycles. The molecule has 1 saturated carbocycles. The van der Waals surface area contributed by atoms with Crippen LogP contribution in [0, 0.1) is 11.3 Å². The molecule has 0 aromatic heterocycles. The van der Waals surface area contributed by atoms with Gasteiger partial charge < -0.3 is 10.1 Å². The van der Waals surface area contributed by atoms with Crippen LogP contribution >= 0.6 is 0 Å². The molecule has 1 unspecified atom stereocenters. The smallest absolute Gasteiger partial charge is 0.246 e. The van der Waals surface area contributed by atoms with Crippen molar-refractivity contribution >= 4 is 5.91 Å². The van der Waals surface area contributed by atoms with Gasteiger partial charge in [0, 0.05) is 0 Å². The lowest BCUT2D eigenvalue weighted by atomic mass is 9.98. The van der Waals surface area contributed by atoms with Crippen LogP contribution < -0.4 is 5.32 Å². The highest BCUT2D eigenvalue weighted by Gasteiger charge is 2.16. The summed E-state index contributed by atoms with van der Waals surface area (Å²) in [7, 11) is 0. The van der Waals surface area contributed by atoms with Gasteiger partial charge in [0.15, 0.2) is 0 Å². The fourth-order valence-electron chi connectivity index (χ4n) is 2.64. The highest BCUT2D eigenvalue weighted by molar-refractivity contribution is 5.77. The van der Waals surface area contributed by atoms with Crippen molar-refractivity contribution < 1.29 is 9.53 Å². The maximum absolute atomic E-state index is 11.9. The molecule has 2 rings (SSSR count). The van der Waals surface area contributed by atoms with Gasteiger partial charge in [0.05, 0.1) is 23.8 Å². The summed E-state index contributed by atoms with van der Waals surface area (Å²) in [6.07, 6.45) is 6.07. The molecule has 0 spiro atoms. The molecule has 1 N–H and O–H groups in total. The summed E-state index contributed by atoms with van der Waals surface area (Å²) in [4.78, 5) is 11.9. The van der Waals surface area contributed by atoms with Crippen LogP contribution in [0.4, 0.5) is 0 Å². The number of hydrogen-bond acceptors (Lipinski definition) is 3. The maximum Gasteiger partial charge on any atom is 0.246 e. The highest BCUT2D eigenvalue weighted by atomic mass is 16.5. The summed E-state index contributed by atoms with van der Waals surface area (Å²) in [5.41, 5.74) is 1.61. The summed E-state index contributed by atoms with van der Waals surface area (Å²) in [5, 5.41) is 11.7. The van der Waals surface area contributed by atoms with Gasteiger partial charge in [-0.1, -0.05) is 31.4 Å². The Kier molecular flexibility index (Phi) is 5.77. The molecule has 1 aromatic carbocycles. The Morgan fingerprint density at radius 3 is 2.62 bits per heavy atom. The molecule has 1 amide bonds. The number of nitriles is 1. The first kappa shape index (κ1) is 15.5. The van der Waals surface area contributed by atoms with Gasteiger partial charge >= 0.3 is 0 Å². The van der Waals surface area contributed by atoms with Crippen LogP contribution in [0.2, 0.25) is 0 Å². The standard InChI is InChI=1S/C17H22N2O2/c1-13(15-9-7-14(11-18)8-10-15)19-17(20)12-21-16-5-3-2-4-6-16/h7-10,13,16H,2-6,12H2,1H3,(H,19,20). The fourth-order valence-corrected chi connectivity index (χ4v) is 2.64. The normalized spacial score (nSPS) is 17.0. The zero-order valence-corrected chi connectivity index (χ0v) is 12.5. The molecule has 1 atom stereocenters. The quantitative estimate of drug-likeness (QED) is 0.904. The molecule has 1 fully saturated rings. The van der Waals surface area contributed by atoms with Crippen molar-refractivity contribution in [2.45, 2.75) is 51.2 Å². The number of benzene rings is 1. The van der Waals surface area contributed by atoms with Crippen molar-refractivity contribution in [2.24, 2.45) is 0 Å². The lowest BCUT2D eigenvalue weighted by molar-refractivity contribution is -0.129. The third kappa shape index (κ3) is 4.87. The first-order valence-electron chi connectivity index (χ1n) is 7.60. The lowest BCUT2D eigenvalue weighted by Gasteiger charge is -2.22. The SMILES string of the molecule is CC(NC(=O)COC1CCCCC1)c1ccc(C#N)cc1. The maximum atomic E-state index is 11.9. The van der Waals surface area contributed by atoms with Crippen molar-refractivity contribution in [3.8, 4) is 6.07 Å². The van der Waals surface area contributed by atoms with Crippen LogP contribution in [-0.4, -0.2) is 18.6 Å². The summed E-state index contributed by atoms with van der Waals surface area (Å²) < 4.78 is 5.66.